The highest BCUT2D eigenvalue weighted by Gasteiger charge is 2.54. The number of sulfonamides is 1. The molecule has 210 valence electrons. The lowest BCUT2D eigenvalue weighted by molar-refractivity contribution is -0.151. The average Bonchev–Trinajstić information content (AvgIpc) is 2.87. The fraction of sp³-hybridized carbons (Fsp3) is 0.192. The Morgan fingerprint density at radius 1 is 1.05 bits per heavy atom. The van der Waals surface area contributed by atoms with Gasteiger partial charge in [0.1, 0.15) is 5.54 Å². The summed E-state index contributed by atoms with van der Waals surface area (Å²) >= 11 is 5.84. The first-order valence-corrected chi connectivity index (χ1v) is 13.8. The molecular weight excluding hydrogens is 565 g/mol. The van der Waals surface area contributed by atoms with Crippen LogP contribution in [0.2, 0.25) is 5.02 Å². The maximum absolute atomic E-state index is 15.6. The van der Waals surface area contributed by atoms with Crippen LogP contribution >= 0.6 is 11.6 Å². The number of urea groups is 1. The Labute approximate surface area is 233 Å². The van der Waals surface area contributed by atoms with Gasteiger partial charge in [0.15, 0.2) is 5.82 Å². The summed E-state index contributed by atoms with van der Waals surface area (Å²) in [5.41, 5.74) is 3.41. The molecule has 2 atom stereocenters. The van der Waals surface area contributed by atoms with E-state index in [0.717, 1.165) is 0 Å². The summed E-state index contributed by atoms with van der Waals surface area (Å²) in [5, 5.41) is 23.6. The minimum atomic E-state index is -4.21. The van der Waals surface area contributed by atoms with E-state index in [9.17, 15) is 27.9 Å². The zero-order valence-corrected chi connectivity index (χ0v) is 22.4. The van der Waals surface area contributed by atoms with Crippen molar-refractivity contribution < 1.29 is 32.3 Å². The normalized spacial score (nSPS) is 18.3. The molecule has 0 saturated heterocycles. The van der Waals surface area contributed by atoms with E-state index in [0.29, 0.717) is 17.1 Å². The fourth-order valence-corrected chi connectivity index (χ4v) is 5.54. The van der Waals surface area contributed by atoms with Crippen LogP contribution in [0.15, 0.2) is 65.6 Å². The maximum atomic E-state index is 15.6. The van der Waals surface area contributed by atoms with E-state index in [4.69, 9.17) is 22.5 Å². The molecule has 0 heterocycles. The highest BCUT2D eigenvalue weighted by Crippen LogP contribution is 2.40. The number of primary sulfonamides is 1. The molecule has 1 aliphatic rings. The van der Waals surface area contributed by atoms with Crippen LogP contribution in [0.4, 0.5) is 20.6 Å². The number of carbonyl (C=O) groups excluding carboxylic acids is 2. The summed E-state index contributed by atoms with van der Waals surface area (Å²) in [4.78, 5) is 36.7. The number of amides is 3. The van der Waals surface area contributed by atoms with E-state index in [1.165, 1.54) is 36.4 Å². The SMILES string of the molecule is NC(=O)c1c(-c2ccccc2S(N)(=O)=O)ccc(NCC2CCC2(NC(=O)Nc2ccc(Cl)cc2)C(=O)O)c1F. The lowest BCUT2D eigenvalue weighted by Crippen LogP contribution is -2.67. The summed E-state index contributed by atoms with van der Waals surface area (Å²) in [6, 6.07) is 13.6. The van der Waals surface area contributed by atoms with Crippen molar-refractivity contribution in [2.24, 2.45) is 16.8 Å². The van der Waals surface area contributed by atoms with Crippen molar-refractivity contribution >= 4 is 50.9 Å². The number of primary amides is 1. The zero-order valence-electron chi connectivity index (χ0n) is 20.8. The molecule has 3 aromatic carbocycles. The highest BCUT2D eigenvalue weighted by molar-refractivity contribution is 7.89. The molecule has 3 aromatic rings. The number of halogens is 2. The Hall–Kier alpha value is -4.20. The topological polar surface area (TPSA) is 194 Å². The third kappa shape index (κ3) is 5.71. The molecular formula is C26H25ClFN5O6S. The van der Waals surface area contributed by atoms with Crippen molar-refractivity contribution in [2.75, 3.05) is 17.2 Å². The van der Waals surface area contributed by atoms with Gasteiger partial charge >= 0.3 is 12.0 Å². The second-order valence-electron chi connectivity index (χ2n) is 9.23. The number of rotatable bonds is 9. The van der Waals surface area contributed by atoms with E-state index < -0.39 is 50.8 Å². The molecule has 4 rings (SSSR count). The van der Waals surface area contributed by atoms with Crippen LogP contribution in [0, 0.1) is 11.7 Å². The standard InChI is InChI=1S/C26H25ClFN5O6S/c27-15-5-7-16(8-6-15)32-25(37)33-26(24(35)36)12-11-14(26)13-31-19-10-9-18(21(22(19)28)23(29)34)17-3-1-2-4-20(17)40(30,38)39/h1-10,14,31H,11-13H2,(H2,29,34)(H,35,36)(H2,30,38,39)(H2,32,33,37). The maximum Gasteiger partial charge on any atom is 0.329 e. The number of carboxylic acid groups (broad SMARTS) is 1. The van der Waals surface area contributed by atoms with Gasteiger partial charge in [-0.3, -0.25) is 4.79 Å². The first-order chi connectivity index (χ1) is 18.8. The third-order valence-corrected chi connectivity index (χ3v) is 8.04. The number of hydrogen-bond acceptors (Lipinski definition) is 6. The second kappa shape index (κ2) is 11.1. The Balaban J connectivity index is 1.56. The van der Waals surface area contributed by atoms with Gasteiger partial charge in [-0.1, -0.05) is 35.9 Å². The van der Waals surface area contributed by atoms with Gasteiger partial charge in [0.05, 0.1) is 16.1 Å². The van der Waals surface area contributed by atoms with Gasteiger partial charge in [-0.2, -0.15) is 0 Å². The number of aliphatic carboxylic acids is 1. The molecule has 0 spiro atoms. The molecule has 1 aliphatic carbocycles. The molecule has 14 heteroatoms. The van der Waals surface area contributed by atoms with Crippen LogP contribution in [0.25, 0.3) is 11.1 Å². The zero-order chi connectivity index (χ0) is 29.2. The predicted octanol–water partition coefficient (Wildman–Crippen LogP) is 3.36. The summed E-state index contributed by atoms with van der Waals surface area (Å²) in [6.45, 7) is -0.0737. The predicted molar refractivity (Wildman–Crippen MR) is 147 cm³/mol. The average molecular weight is 590 g/mol. The molecule has 1 saturated carbocycles. The number of nitrogens with one attached hydrogen (secondary N) is 3. The molecule has 11 nitrogen and oxygen atoms in total. The number of benzene rings is 3. The lowest BCUT2D eigenvalue weighted by atomic mass is 9.66. The van der Waals surface area contributed by atoms with Gasteiger partial charge in [0.25, 0.3) is 5.91 Å². The molecule has 0 radical (unpaired) electrons. The Bertz CT molecular complexity index is 1600. The summed E-state index contributed by atoms with van der Waals surface area (Å²) in [5.74, 6) is -4.10. The second-order valence-corrected chi connectivity index (χ2v) is 11.2. The van der Waals surface area contributed by atoms with Gasteiger partial charge in [-0.25, -0.2) is 27.5 Å². The van der Waals surface area contributed by atoms with E-state index in [-0.39, 0.29) is 34.7 Å². The smallest absolute Gasteiger partial charge is 0.329 e. The van der Waals surface area contributed by atoms with Crippen LogP contribution in [-0.4, -0.2) is 43.5 Å². The van der Waals surface area contributed by atoms with E-state index in [1.807, 2.05) is 0 Å². The molecule has 0 aliphatic heterocycles. The molecule has 0 bridgehead atoms. The van der Waals surface area contributed by atoms with Gasteiger partial charge in [-0.15, -0.1) is 0 Å². The van der Waals surface area contributed by atoms with Crippen LogP contribution in [0.3, 0.4) is 0 Å². The Morgan fingerprint density at radius 2 is 1.73 bits per heavy atom. The fourth-order valence-electron chi connectivity index (χ4n) is 4.66. The number of carboxylic acids is 1. The Morgan fingerprint density at radius 3 is 2.30 bits per heavy atom. The number of carbonyl (C=O) groups is 3. The van der Waals surface area contributed by atoms with Crippen molar-refractivity contribution in [3.8, 4) is 11.1 Å². The van der Waals surface area contributed by atoms with Crippen molar-refractivity contribution in [3.63, 3.8) is 0 Å². The van der Waals surface area contributed by atoms with Gasteiger partial charge in [-0.05, 0) is 54.8 Å². The van der Waals surface area contributed by atoms with Crippen molar-refractivity contribution in [3.05, 3.63) is 77.1 Å². The van der Waals surface area contributed by atoms with Crippen LogP contribution < -0.4 is 26.8 Å². The molecule has 0 aromatic heterocycles. The van der Waals surface area contributed by atoms with Gasteiger partial charge < -0.3 is 26.8 Å². The molecule has 1 fully saturated rings. The minimum Gasteiger partial charge on any atom is -0.479 e. The summed E-state index contributed by atoms with van der Waals surface area (Å²) in [7, 11) is -4.21. The lowest BCUT2D eigenvalue weighted by Gasteiger charge is -2.46. The van der Waals surface area contributed by atoms with E-state index in [2.05, 4.69) is 16.0 Å². The number of hydrogen-bond donors (Lipinski definition) is 6. The summed E-state index contributed by atoms with van der Waals surface area (Å²) < 4.78 is 39.7. The first kappa shape index (κ1) is 28.8. The van der Waals surface area contributed by atoms with Crippen LogP contribution in [0.5, 0.6) is 0 Å². The Kier molecular flexibility index (Phi) is 8.00. The van der Waals surface area contributed by atoms with Crippen LogP contribution in [0.1, 0.15) is 23.2 Å². The quantitative estimate of drug-likeness (QED) is 0.220. The van der Waals surface area contributed by atoms with E-state index in [1.54, 1.807) is 24.3 Å². The van der Waals surface area contributed by atoms with Gasteiger partial charge in [0, 0.05) is 28.7 Å². The van der Waals surface area contributed by atoms with E-state index >= 15 is 4.39 Å². The highest BCUT2D eigenvalue weighted by atomic mass is 35.5. The van der Waals surface area contributed by atoms with Crippen LogP contribution in [-0.2, 0) is 14.8 Å². The monoisotopic (exact) mass is 589 g/mol. The first-order valence-electron chi connectivity index (χ1n) is 11.9. The largest absolute Gasteiger partial charge is 0.479 e. The van der Waals surface area contributed by atoms with Crippen molar-refractivity contribution in [1.29, 1.82) is 0 Å². The molecule has 40 heavy (non-hydrogen) atoms. The molecule has 8 N–H and O–H groups in total. The summed E-state index contributed by atoms with van der Waals surface area (Å²) in [6.07, 6.45) is 0.547. The van der Waals surface area contributed by atoms with Gasteiger partial charge in [0.2, 0.25) is 10.0 Å². The van der Waals surface area contributed by atoms with Crippen molar-refractivity contribution in [1.82, 2.24) is 5.32 Å². The molecule has 3 amide bonds. The third-order valence-electron chi connectivity index (χ3n) is 6.82. The number of anilines is 2. The number of nitrogens with two attached hydrogens (primary N) is 2. The minimum absolute atomic E-state index is 0.0102. The van der Waals surface area contributed by atoms with Crippen molar-refractivity contribution in [2.45, 2.75) is 23.3 Å². The molecule has 2 unspecified atom stereocenters.